The Bertz CT molecular complexity index is 840. The molecule has 1 nitrogen and oxygen atoms in total. The molecule has 0 saturated heterocycles. The third-order valence-electron chi connectivity index (χ3n) is 3.72. The average Bonchev–Trinajstić information content (AvgIpc) is 3.18. The summed E-state index contributed by atoms with van der Waals surface area (Å²) in [6.07, 6.45) is 0. The molecule has 0 amide bonds. The molecule has 0 aliphatic carbocycles. The summed E-state index contributed by atoms with van der Waals surface area (Å²) in [4.78, 5) is 1.25. The standard InChI is InChI=1S/C21H15OS/c1-3-8-16(9-4-1)19-14-18(21-12-7-13-23-21)15-20(22-19)17-10-5-2-6-11-17/h1-15H/q+1. The van der Waals surface area contributed by atoms with Crippen molar-refractivity contribution in [3.05, 3.63) is 90.3 Å². The molecule has 0 bridgehead atoms. The maximum Gasteiger partial charge on any atom is 0.361 e. The van der Waals surface area contributed by atoms with Crippen molar-refractivity contribution in [2.45, 2.75) is 0 Å². The van der Waals surface area contributed by atoms with Crippen LogP contribution >= 0.6 is 11.3 Å². The number of hydrogen-bond donors (Lipinski definition) is 0. The highest BCUT2D eigenvalue weighted by Crippen LogP contribution is 2.34. The van der Waals surface area contributed by atoms with Crippen LogP contribution in [-0.2, 0) is 0 Å². The van der Waals surface area contributed by atoms with Gasteiger partial charge in [-0.25, -0.2) is 4.42 Å². The van der Waals surface area contributed by atoms with Crippen LogP contribution in [0.4, 0.5) is 0 Å². The second kappa shape index (κ2) is 6.19. The van der Waals surface area contributed by atoms with E-state index in [1.165, 1.54) is 10.4 Å². The van der Waals surface area contributed by atoms with E-state index in [2.05, 4.69) is 53.9 Å². The Labute approximate surface area is 139 Å². The molecule has 0 fully saturated rings. The van der Waals surface area contributed by atoms with Gasteiger partial charge in [-0.15, -0.1) is 11.3 Å². The number of benzene rings is 2. The van der Waals surface area contributed by atoms with Crippen LogP contribution in [0.25, 0.3) is 33.1 Å². The maximum atomic E-state index is 6.19. The number of hydrogen-bond acceptors (Lipinski definition) is 1. The molecule has 0 radical (unpaired) electrons. The molecule has 2 heterocycles. The highest BCUT2D eigenvalue weighted by molar-refractivity contribution is 7.13. The van der Waals surface area contributed by atoms with Crippen molar-refractivity contribution < 1.29 is 4.42 Å². The molecule has 0 aliphatic rings. The third kappa shape index (κ3) is 2.94. The molecule has 2 aromatic carbocycles. The van der Waals surface area contributed by atoms with Crippen molar-refractivity contribution in [2.24, 2.45) is 0 Å². The van der Waals surface area contributed by atoms with E-state index >= 15 is 0 Å². The van der Waals surface area contributed by atoms with Crippen molar-refractivity contribution in [2.75, 3.05) is 0 Å². The highest BCUT2D eigenvalue weighted by Gasteiger charge is 2.20. The summed E-state index contributed by atoms with van der Waals surface area (Å²) >= 11 is 1.74. The zero-order valence-electron chi connectivity index (χ0n) is 12.5. The van der Waals surface area contributed by atoms with E-state index < -0.39 is 0 Å². The van der Waals surface area contributed by atoms with Crippen LogP contribution in [0.3, 0.4) is 0 Å². The fourth-order valence-corrected chi connectivity index (χ4v) is 3.29. The van der Waals surface area contributed by atoms with Crippen LogP contribution in [0.15, 0.2) is 94.7 Å². The maximum absolute atomic E-state index is 6.19. The van der Waals surface area contributed by atoms with Gasteiger partial charge in [0.05, 0.1) is 23.3 Å². The first-order chi connectivity index (χ1) is 11.4. The van der Waals surface area contributed by atoms with E-state index in [1.807, 2.05) is 36.4 Å². The quantitative estimate of drug-likeness (QED) is 0.386. The first-order valence-electron chi connectivity index (χ1n) is 7.53. The lowest BCUT2D eigenvalue weighted by Gasteiger charge is -1.99. The monoisotopic (exact) mass is 315 g/mol. The Balaban J connectivity index is 1.91. The van der Waals surface area contributed by atoms with Gasteiger partial charge in [-0.1, -0.05) is 42.5 Å². The van der Waals surface area contributed by atoms with Crippen molar-refractivity contribution in [3.63, 3.8) is 0 Å². The van der Waals surface area contributed by atoms with Gasteiger partial charge in [0.2, 0.25) is 0 Å². The zero-order chi connectivity index (χ0) is 15.5. The van der Waals surface area contributed by atoms with Crippen molar-refractivity contribution in [1.29, 1.82) is 0 Å². The molecule has 0 N–H and O–H groups in total. The summed E-state index contributed by atoms with van der Waals surface area (Å²) in [7, 11) is 0. The van der Waals surface area contributed by atoms with Gasteiger partial charge < -0.3 is 0 Å². The lowest BCUT2D eigenvalue weighted by molar-refractivity contribution is 0.582. The topological polar surface area (TPSA) is 11.3 Å². The number of thiophene rings is 1. The van der Waals surface area contributed by atoms with E-state index in [0.717, 1.165) is 22.6 Å². The normalized spacial score (nSPS) is 10.6. The SMILES string of the molecule is c1ccc(-c2cc(-c3cccs3)cc(-c3ccccc3)[o+]2)cc1. The van der Waals surface area contributed by atoms with Gasteiger partial charge in [-0.2, -0.15) is 0 Å². The van der Waals surface area contributed by atoms with Crippen molar-refractivity contribution in [1.82, 2.24) is 0 Å². The minimum atomic E-state index is 0.885. The van der Waals surface area contributed by atoms with E-state index in [0.29, 0.717) is 0 Å². The summed E-state index contributed by atoms with van der Waals surface area (Å²) in [6.45, 7) is 0. The molecule has 0 atom stereocenters. The largest absolute Gasteiger partial charge is 0.361 e. The summed E-state index contributed by atoms with van der Waals surface area (Å²) in [5.74, 6) is 1.77. The fraction of sp³-hybridized carbons (Fsp3) is 0. The molecular weight excluding hydrogens is 300 g/mol. The average molecular weight is 315 g/mol. The van der Waals surface area contributed by atoms with Gasteiger partial charge in [0.1, 0.15) is 0 Å². The summed E-state index contributed by atoms with van der Waals surface area (Å²) in [5, 5.41) is 2.10. The van der Waals surface area contributed by atoms with Gasteiger partial charge in [0, 0.05) is 10.4 Å². The van der Waals surface area contributed by atoms with Gasteiger partial charge in [0.15, 0.2) is 0 Å². The van der Waals surface area contributed by atoms with Crippen LogP contribution in [0.1, 0.15) is 0 Å². The van der Waals surface area contributed by atoms with E-state index in [1.54, 1.807) is 11.3 Å². The zero-order valence-corrected chi connectivity index (χ0v) is 13.3. The number of rotatable bonds is 3. The molecule has 23 heavy (non-hydrogen) atoms. The molecule has 0 spiro atoms. The Morgan fingerprint density at radius 1 is 0.565 bits per heavy atom. The molecule has 0 saturated carbocycles. The minimum absolute atomic E-state index is 0.885. The molecule has 4 aromatic rings. The molecule has 110 valence electrons. The van der Waals surface area contributed by atoms with E-state index in [4.69, 9.17) is 4.42 Å². The third-order valence-corrected chi connectivity index (χ3v) is 4.63. The first-order valence-corrected chi connectivity index (χ1v) is 8.41. The van der Waals surface area contributed by atoms with Gasteiger partial charge in [0.25, 0.3) is 0 Å². The molecule has 2 aromatic heterocycles. The summed E-state index contributed by atoms with van der Waals surface area (Å²) in [6, 6.07) is 28.9. The molecular formula is C21H15OS+. The Morgan fingerprint density at radius 3 is 1.61 bits per heavy atom. The lowest BCUT2D eigenvalue weighted by Crippen LogP contribution is -1.84. The van der Waals surface area contributed by atoms with Crippen molar-refractivity contribution in [3.8, 4) is 33.1 Å². The Hall–Kier alpha value is -2.71. The predicted molar refractivity (Wildman–Crippen MR) is 97.3 cm³/mol. The second-order valence-electron chi connectivity index (χ2n) is 5.28. The van der Waals surface area contributed by atoms with E-state index in [9.17, 15) is 0 Å². The highest BCUT2D eigenvalue weighted by atomic mass is 32.1. The van der Waals surface area contributed by atoms with Gasteiger partial charge >= 0.3 is 11.5 Å². The molecule has 4 rings (SSSR count). The molecule has 2 heteroatoms. The molecule has 0 unspecified atom stereocenters. The van der Waals surface area contributed by atoms with Crippen LogP contribution in [0.2, 0.25) is 0 Å². The smallest absolute Gasteiger partial charge is 0.207 e. The van der Waals surface area contributed by atoms with E-state index in [-0.39, 0.29) is 0 Å². The minimum Gasteiger partial charge on any atom is -0.207 e. The van der Waals surface area contributed by atoms with Crippen LogP contribution in [0, 0.1) is 0 Å². The van der Waals surface area contributed by atoms with Crippen molar-refractivity contribution >= 4 is 11.3 Å². The Morgan fingerprint density at radius 2 is 1.13 bits per heavy atom. The first kappa shape index (κ1) is 13.9. The van der Waals surface area contributed by atoms with Gasteiger partial charge in [-0.05, 0) is 35.7 Å². The summed E-state index contributed by atoms with van der Waals surface area (Å²) in [5.41, 5.74) is 3.36. The predicted octanol–water partition coefficient (Wildman–Crippen LogP) is 6.62. The molecule has 0 aliphatic heterocycles. The van der Waals surface area contributed by atoms with Crippen LogP contribution in [0.5, 0.6) is 0 Å². The second-order valence-corrected chi connectivity index (χ2v) is 6.23. The fourth-order valence-electron chi connectivity index (χ4n) is 2.58. The summed E-state index contributed by atoms with van der Waals surface area (Å²) < 4.78 is 6.19. The lowest BCUT2D eigenvalue weighted by atomic mass is 10.1. The van der Waals surface area contributed by atoms with Gasteiger partial charge in [-0.3, -0.25) is 0 Å². The Kier molecular flexibility index (Phi) is 3.75. The van der Waals surface area contributed by atoms with Crippen LogP contribution in [-0.4, -0.2) is 0 Å². The van der Waals surface area contributed by atoms with Crippen LogP contribution < -0.4 is 0 Å².